The molecule has 1 aliphatic heterocycles. The summed E-state index contributed by atoms with van der Waals surface area (Å²) in [6.45, 7) is 0.764. The van der Waals surface area contributed by atoms with Crippen LogP contribution in [0.5, 0.6) is 11.5 Å². The number of hydrogen-bond donors (Lipinski definition) is 2. The van der Waals surface area contributed by atoms with Gasteiger partial charge in [-0.2, -0.15) is 0 Å². The fourth-order valence-corrected chi connectivity index (χ4v) is 3.49. The zero-order valence-electron chi connectivity index (χ0n) is 13.3. The molecule has 4 rings (SSSR count). The van der Waals surface area contributed by atoms with Gasteiger partial charge in [0, 0.05) is 23.2 Å². The van der Waals surface area contributed by atoms with Crippen LogP contribution >= 0.6 is 11.3 Å². The molecule has 0 atom stereocenters. The average Bonchev–Trinajstić information content (AvgIpc) is 3.35. The monoisotopic (exact) mass is 356 g/mol. The van der Waals surface area contributed by atoms with Crippen molar-refractivity contribution in [3.63, 3.8) is 0 Å². The second-order valence-electron chi connectivity index (χ2n) is 5.44. The van der Waals surface area contributed by atoms with Gasteiger partial charge in [-0.05, 0) is 42.8 Å². The molecule has 1 aromatic carbocycles. The number of thiophene rings is 1. The van der Waals surface area contributed by atoms with Crippen molar-refractivity contribution in [3.05, 3.63) is 53.6 Å². The molecule has 2 amide bonds. The lowest BCUT2D eigenvalue weighted by Gasteiger charge is -2.07. The van der Waals surface area contributed by atoms with E-state index in [2.05, 4.69) is 16.7 Å². The van der Waals surface area contributed by atoms with E-state index in [0.717, 1.165) is 17.1 Å². The molecule has 0 saturated carbocycles. The minimum Gasteiger partial charge on any atom is -0.464 e. The van der Waals surface area contributed by atoms with Crippen molar-refractivity contribution in [2.24, 2.45) is 0 Å². The van der Waals surface area contributed by atoms with Gasteiger partial charge in [-0.25, -0.2) is 4.79 Å². The molecule has 0 aliphatic carbocycles. The summed E-state index contributed by atoms with van der Waals surface area (Å²) in [5, 5.41) is 5.64. The third-order valence-electron chi connectivity index (χ3n) is 3.71. The highest BCUT2D eigenvalue weighted by Crippen LogP contribution is 2.34. The lowest BCUT2D eigenvalue weighted by molar-refractivity contribution is 0.174. The standard InChI is InChI=1S/C18H16N2O4S/c21-18(20-12-3-5-14-16(10-12)24-11-23-14)19-8-7-13-4-6-17(25-13)15-2-1-9-22-15/h1-6,9-10H,7-8,11H2,(H2,19,20,21). The molecule has 6 nitrogen and oxygen atoms in total. The number of hydrogen-bond acceptors (Lipinski definition) is 5. The quantitative estimate of drug-likeness (QED) is 0.722. The van der Waals surface area contributed by atoms with E-state index in [1.807, 2.05) is 18.2 Å². The number of benzene rings is 1. The Morgan fingerprint density at radius 2 is 2.04 bits per heavy atom. The second-order valence-corrected chi connectivity index (χ2v) is 6.61. The summed E-state index contributed by atoms with van der Waals surface area (Å²) < 4.78 is 15.9. The second kappa shape index (κ2) is 6.90. The van der Waals surface area contributed by atoms with Crippen LogP contribution < -0.4 is 20.1 Å². The summed E-state index contributed by atoms with van der Waals surface area (Å²) in [5.74, 6) is 2.20. The average molecular weight is 356 g/mol. The number of anilines is 1. The predicted molar refractivity (Wildman–Crippen MR) is 95.3 cm³/mol. The van der Waals surface area contributed by atoms with Gasteiger partial charge in [-0.15, -0.1) is 11.3 Å². The molecule has 0 saturated heterocycles. The van der Waals surface area contributed by atoms with Crippen molar-refractivity contribution in [2.45, 2.75) is 6.42 Å². The van der Waals surface area contributed by atoms with Crippen LogP contribution in [0.25, 0.3) is 10.6 Å². The van der Waals surface area contributed by atoms with Crippen LogP contribution in [0.2, 0.25) is 0 Å². The predicted octanol–water partition coefficient (Wildman–Crippen LogP) is 4.10. The number of urea groups is 1. The topological polar surface area (TPSA) is 72.7 Å². The number of carbonyl (C=O) groups is 1. The van der Waals surface area contributed by atoms with Gasteiger partial charge in [0.25, 0.3) is 0 Å². The van der Waals surface area contributed by atoms with Crippen molar-refractivity contribution in [1.82, 2.24) is 5.32 Å². The van der Waals surface area contributed by atoms with Crippen LogP contribution in [0.4, 0.5) is 10.5 Å². The molecule has 128 valence electrons. The van der Waals surface area contributed by atoms with Crippen molar-refractivity contribution >= 4 is 23.1 Å². The van der Waals surface area contributed by atoms with Crippen molar-refractivity contribution < 1.29 is 18.7 Å². The van der Waals surface area contributed by atoms with E-state index in [1.165, 1.54) is 4.88 Å². The van der Waals surface area contributed by atoms with E-state index in [-0.39, 0.29) is 12.8 Å². The minimum absolute atomic E-state index is 0.214. The molecule has 0 bridgehead atoms. The maximum absolute atomic E-state index is 12.0. The highest BCUT2D eigenvalue weighted by atomic mass is 32.1. The van der Waals surface area contributed by atoms with Gasteiger partial charge in [-0.3, -0.25) is 0 Å². The number of amides is 2. The van der Waals surface area contributed by atoms with Gasteiger partial charge < -0.3 is 24.5 Å². The molecule has 2 aromatic heterocycles. The summed E-state index contributed by atoms with van der Waals surface area (Å²) in [6, 6.07) is 13.0. The van der Waals surface area contributed by atoms with Crippen LogP contribution in [0.3, 0.4) is 0 Å². The molecule has 3 aromatic rings. The Kier molecular flexibility index (Phi) is 4.30. The highest BCUT2D eigenvalue weighted by Gasteiger charge is 2.14. The molecular weight excluding hydrogens is 340 g/mol. The number of furan rings is 1. The summed E-state index contributed by atoms with van der Waals surface area (Å²) in [6.07, 6.45) is 2.43. The zero-order chi connectivity index (χ0) is 17.1. The molecule has 7 heteroatoms. The Morgan fingerprint density at radius 3 is 2.92 bits per heavy atom. The number of fused-ring (bicyclic) bond motifs is 1. The first-order valence-corrected chi connectivity index (χ1v) is 8.67. The number of nitrogens with one attached hydrogen (secondary N) is 2. The van der Waals surface area contributed by atoms with Crippen LogP contribution in [0.1, 0.15) is 4.88 Å². The fraction of sp³-hybridized carbons (Fsp3) is 0.167. The highest BCUT2D eigenvalue weighted by molar-refractivity contribution is 7.15. The molecule has 25 heavy (non-hydrogen) atoms. The first-order valence-electron chi connectivity index (χ1n) is 7.85. The van der Waals surface area contributed by atoms with Gasteiger partial charge >= 0.3 is 6.03 Å². The summed E-state index contributed by atoms with van der Waals surface area (Å²) in [4.78, 5) is 14.3. The van der Waals surface area contributed by atoms with E-state index in [0.29, 0.717) is 23.7 Å². The fourth-order valence-electron chi connectivity index (χ4n) is 2.51. The van der Waals surface area contributed by atoms with Crippen molar-refractivity contribution in [2.75, 3.05) is 18.7 Å². The smallest absolute Gasteiger partial charge is 0.319 e. The van der Waals surface area contributed by atoms with E-state index in [4.69, 9.17) is 13.9 Å². The Bertz CT molecular complexity index is 873. The summed E-state index contributed by atoms with van der Waals surface area (Å²) in [7, 11) is 0. The van der Waals surface area contributed by atoms with E-state index in [9.17, 15) is 4.79 Å². The molecule has 2 N–H and O–H groups in total. The Hall–Kier alpha value is -2.93. The van der Waals surface area contributed by atoms with Crippen LogP contribution in [0, 0.1) is 0 Å². The maximum Gasteiger partial charge on any atom is 0.319 e. The van der Waals surface area contributed by atoms with Gasteiger partial charge in [0.1, 0.15) is 5.76 Å². The third-order valence-corrected chi connectivity index (χ3v) is 4.87. The van der Waals surface area contributed by atoms with E-state index >= 15 is 0 Å². The van der Waals surface area contributed by atoms with Gasteiger partial charge in [0.2, 0.25) is 6.79 Å². The SMILES string of the molecule is O=C(NCCc1ccc(-c2ccco2)s1)Nc1ccc2c(c1)OCO2. The largest absolute Gasteiger partial charge is 0.464 e. The number of rotatable bonds is 5. The molecule has 1 aliphatic rings. The zero-order valence-corrected chi connectivity index (χ0v) is 14.1. The van der Waals surface area contributed by atoms with Gasteiger partial charge in [0.15, 0.2) is 11.5 Å². The minimum atomic E-state index is -0.248. The maximum atomic E-state index is 12.0. The molecule has 3 heterocycles. The van der Waals surface area contributed by atoms with E-state index < -0.39 is 0 Å². The lowest BCUT2D eigenvalue weighted by Crippen LogP contribution is -2.30. The number of ether oxygens (including phenoxy) is 2. The number of carbonyl (C=O) groups excluding carboxylic acids is 1. The molecule has 0 spiro atoms. The first kappa shape index (κ1) is 15.6. The molecule has 0 radical (unpaired) electrons. The van der Waals surface area contributed by atoms with Gasteiger partial charge in [0.05, 0.1) is 11.1 Å². The first-order chi connectivity index (χ1) is 12.3. The Labute approximate surface area is 148 Å². The molecule has 0 unspecified atom stereocenters. The van der Waals surface area contributed by atoms with Crippen LogP contribution in [-0.4, -0.2) is 19.4 Å². The van der Waals surface area contributed by atoms with E-state index in [1.54, 1.807) is 35.8 Å². The van der Waals surface area contributed by atoms with Crippen LogP contribution in [-0.2, 0) is 6.42 Å². The summed E-state index contributed by atoms with van der Waals surface area (Å²) >= 11 is 1.66. The van der Waals surface area contributed by atoms with Gasteiger partial charge in [-0.1, -0.05) is 0 Å². The Morgan fingerprint density at radius 1 is 1.12 bits per heavy atom. The third kappa shape index (κ3) is 3.61. The van der Waals surface area contributed by atoms with Crippen LogP contribution in [0.15, 0.2) is 53.1 Å². The molecule has 0 fully saturated rings. The summed E-state index contributed by atoms with van der Waals surface area (Å²) in [5.41, 5.74) is 0.665. The van der Waals surface area contributed by atoms with Crippen molar-refractivity contribution in [1.29, 1.82) is 0 Å². The molecular formula is C18H16N2O4S. The van der Waals surface area contributed by atoms with Crippen molar-refractivity contribution in [3.8, 4) is 22.1 Å². The lowest BCUT2D eigenvalue weighted by atomic mass is 10.3. The Balaban J connectivity index is 1.26. The normalized spacial score (nSPS) is 12.2.